The quantitative estimate of drug-likeness (QED) is 0.843. The molecule has 1 unspecified atom stereocenters. The van der Waals surface area contributed by atoms with Crippen molar-refractivity contribution < 1.29 is 0 Å². The van der Waals surface area contributed by atoms with Gasteiger partial charge in [0.25, 0.3) is 0 Å². The minimum atomic E-state index is 0.295. The first-order valence-corrected chi connectivity index (χ1v) is 7.09. The summed E-state index contributed by atoms with van der Waals surface area (Å²) in [5.74, 6) is 0. The maximum atomic E-state index is 6.14. The van der Waals surface area contributed by atoms with Crippen LogP contribution in [0.4, 0.5) is 0 Å². The van der Waals surface area contributed by atoms with Crippen LogP contribution in [0.1, 0.15) is 17.2 Å². The van der Waals surface area contributed by atoms with Gasteiger partial charge in [-0.15, -0.1) is 0 Å². The van der Waals surface area contributed by atoms with Crippen LogP contribution < -0.4 is 5.73 Å². The molecule has 1 atom stereocenters. The summed E-state index contributed by atoms with van der Waals surface area (Å²) in [5, 5.41) is 1.85. The van der Waals surface area contributed by atoms with Crippen LogP contribution in [0.25, 0.3) is 0 Å². The van der Waals surface area contributed by atoms with E-state index in [1.807, 2.05) is 30.3 Å². The fraction of sp³-hybridized carbons (Fsp3) is 0.214. The van der Waals surface area contributed by atoms with E-state index in [1.54, 1.807) is 18.0 Å². The highest BCUT2D eigenvalue weighted by Gasteiger charge is 2.14. The fourth-order valence-electron chi connectivity index (χ4n) is 1.71. The van der Waals surface area contributed by atoms with Gasteiger partial charge in [0.1, 0.15) is 5.03 Å². The zero-order valence-electron chi connectivity index (χ0n) is 9.92. The predicted molar refractivity (Wildman–Crippen MR) is 78.0 cm³/mol. The highest BCUT2D eigenvalue weighted by atomic mass is 35.5. The van der Waals surface area contributed by atoms with Crippen molar-refractivity contribution in [2.24, 2.45) is 5.73 Å². The maximum Gasteiger partial charge on any atom is 0.115 e. The Hall–Kier alpha value is -1.03. The molecule has 0 amide bonds. The van der Waals surface area contributed by atoms with Gasteiger partial charge in [0.2, 0.25) is 0 Å². The lowest BCUT2D eigenvalue weighted by Crippen LogP contribution is -2.05. The number of aromatic nitrogens is 1. The van der Waals surface area contributed by atoms with Crippen molar-refractivity contribution in [2.45, 2.75) is 16.7 Å². The maximum absolute atomic E-state index is 6.14. The molecular weight excluding hydrogens is 264 g/mol. The van der Waals surface area contributed by atoms with Crippen molar-refractivity contribution in [2.75, 3.05) is 6.54 Å². The molecule has 2 N–H and O–H groups in total. The zero-order chi connectivity index (χ0) is 12.8. The molecule has 0 aliphatic rings. The summed E-state index contributed by atoms with van der Waals surface area (Å²) >= 11 is 7.81. The lowest BCUT2D eigenvalue weighted by molar-refractivity contribution is 0.812. The minimum absolute atomic E-state index is 0.295. The average Bonchev–Trinajstić information content (AvgIpc) is 2.42. The highest BCUT2D eigenvalue weighted by molar-refractivity contribution is 7.99. The second-order valence-electron chi connectivity index (χ2n) is 3.88. The third-order valence-electron chi connectivity index (χ3n) is 2.58. The standard InChI is InChI=1S/C14H15ClN2S/c15-12-7-4-10-17-14(12)18-13(8-9-16)11-5-2-1-3-6-11/h1-7,10,13H,8-9,16H2. The van der Waals surface area contributed by atoms with Gasteiger partial charge in [0.15, 0.2) is 0 Å². The van der Waals surface area contributed by atoms with Crippen molar-refractivity contribution in [1.29, 1.82) is 0 Å². The number of halogens is 1. The lowest BCUT2D eigenvalue weighted by atomic mass is 10.1. The summed E-state index contributed by atoms with van der Waals surface area (Å²) in [6.07, 6.45) is 2.67. The van der Waals surface area contributed by atoms with Crippen molar-refractivity contribution >= 4 is 23.4 Å². The number of rotatable bonds is 5. The van der Waals surface area contributed by atoms with Gasteiger partial charge in [-0.25, -0.2) is 4.98 Å². The van der Waals surface area contributed by atoms with Crippen LogP contribution in [0.2, 0.25) is 5.02 Å². The van der Waals surface area contributed by atoms with Crippen molar-refractivity contribution in [1.82, 2.24) is 4.98 Å². The van der Waals surface area contributed by atoms with E-state index in [2.05, 4.69) is 17.1 Å². The van der Waals surface area contributed by atoms with Crippen molar-refractivity contribution in [3.8, 4) is 0 Å². The molecule has 1 heterocycles. The molecule has 4 heteroatoms. The number of nitrogens with two attached hydrogens (primary N) is 1. The Bertz CT molecular complexity index is 490. The molecule has 0 radical (unpaired) electrons. The molecule has 18 heavy (non-hydrogen) atoms. The summed E-state index contributed by atoms with van der Waals surface area (Å²) in [4.78, 5) is 4.32. The van der Waals surface area contributed by atoms with E-state index in [0.717, 1.165) is 11.4 Å². The fourth-order valence-corrected chi connectivity index (χ4v) is 3.08. The van der Waals surface area contributed by atoms with Gasteiger partial charge in [-0.05, 0) is 30.7 Å². The average molecular weight is 279 g/mol. The molecule has 1 aromatic carbocycles. The third kappa shape index (κ3) is 3.48. The van der Waals surface area contributed by atoms with E-state index in [4.69, 9.17) is 17.3 Å². The Kier molecular flexibility index (Phi) is 5.05. The van der Waals surface area contributed by atoms with Gasteiger partial charge < -0.3 is 5.73 Å². The molecule has 0 bridgehead atoms. The molecule has 0 saturated heterocycles. The number of nitrogens with zero attached hydrogens (tertiary/aromatic N) is 1. The Balaban J connectivity index is 2.19. The predicted octanol–water partition coefficient (Wildman–Crippen LogP) is 3.92. The topological polar surface area (TPSA) is 38.9 Å². The van der Waals surface area contributed by atoms with E-state index in [1.165, 1.54) is 5.56 Å². The molecule has 2 nitrogen and oxygen atoms in total. The first-order valence-electron chi connectivity index (χ1n) is 5.83. The molecular formula is C14H15ClN2S. The van der Waals surface area contributed by atoms with Crippen LogP contribution in [0.15, 0.2) is 53.7 Å². The van der Waals surface area contributed by atoms with Crippen molar-refractivity contribution in [3.63, 3.8) is 0 Å². The normalized spacial score (nSPS) is 12.3. The first kappa shape index (κ1) is 13.4. The van der Waals surface area contributed by atoms with Gasteiger partial charge in [0, 0.05) is 11.4 Å². The molecule has 2 rings (SSSR count). The molecule has 94 valence electrons. The van der Waals surface area contributed by atoms with Gasteiger partial charge in [-0.2, -0.15) is 0 Å². The zero-order valence-corrected chi connectivity index (χ0v) is 11.5. The van der Waals surface area contributed by atoms with Gasteiger partial charge >= 0.3 is 0 Å². The molecule has 0 saturated carbocycles. The van der Waals surface area contributed by atoms with E-state index in [-0.39, 0.29) is 0 Å². The second kappa shape index (κ2) is 6.78. The van der Waals surface area contributed by atoms with E-state index in [9.17, 15) is 0 Å². The Morgan fingerprint density at radius 1 is 1.17 bits per heavy atom. The summed E-state index contributed by atoms with van der Waals surface area (Å²) in [5.41, 5.74) is 6.95. The summed E-state index contributed by atoms with van der Waals surface area (Å²) < 4.78 is 0. The molecule has 1 aromatic heterocycles. The van der Waals surface area contributed by atoms with Crippen LogP contribution in [-0.2, 0) is 0 Å². The SMILES string of the molecule is NCCC(Sc1ncccc1Cl)c1ccccc1. The monoisotopic (exact) mass is 278 g/mol. The Morgan fingerprint density at radius 2 is 1.94 bits per heavy atom. The van der Waals surface area contributed by atoms with Gasteiger partial charge in [-0.1, -0.05) is 53.7 Å². The Morgan fingerprint density at radius 3 is 2.61 bits per heavy atom. The van der Waals surface area contributed by atoms with Crippen LogP contribution in [-0.4, -0.2) is 11.5 Å². The first-order chi connectivity index (χ1) is 8.81. The van der Waals surface area contributed by atoms with Crippen LogP contribution in [0.5, 0.6) is 0 Å². The summed E-state index contributed by atoms with van der Waals surface area (Å²) in [7, 11) is 0. The van der Waals surface area contributed by atoms with E-state index in [0.29, 0.717) is 16.8 Å². The van der Waals surface area contributed by atoms with Gasteiger partial charge in [-0.3, -0.25) is 0 Å². The molecule has 0 fully saturated rings. The number of hydrogen-bond acceptors (Lipinski definition) is 3. The largest absolute Gasteiger partial charge is 0.330 e. The molecule has 0 aliphatic carbocycles. The molecule has 0 spiro atoms. The summed E-state index contributed by atoms with van der Waals surface area (Å²) in [6, 6.07) is 14.0. The second-order valence-corrected chi connectivity index (χ2v) is 5.48. The van der Waals surface area contributed by atoms with Crippen LogP contribution in [0.3, 0.4) is 0 Å². The van der Waals surface area contributed by atoms with E-state index < -0.39 is 0 Å². The highest BCUT2D eigenvalue weighted by Crippen LogP contribution is 2.39. The number of thioether (sulfide) groups is 1. The number of hydrogen-bond donors (Lipinski definition) is 1. The van der Waals surface area contributed by atoms with Gasteiger partial charge in [0.05, 0.1) is 5.02 Å². The van der Waals surface area contributed by atoms with Crippen molar-refractivity contribution in [3.05, 3.63) is 59.2 Å². The summed E-state index contributed by atoms with van der Waals surface area (Å²) in [6.45, 7) is 0.650. The number of pyridine rings is 1. The lowest BCUT2D eigenvalue weighted by Gasteiger charge is -2.16. The molecule has 2 aromatic rings. The number of benzene rings is 1. The van der Waals surface area contributed by atoms with Crippen LogP contribution in [0, 0.1) is 0 Å². The molecule has 0 aliphatic heterocycles. The van der Waals surface area contributed by atoms with E-state index >= 15 is 0 Å². The smallest absolute Gasteiger partial charge is 0.115 e. The Labute approximate surface area is 117 Å². The van der Waals surface area contributed by atoms with Crippen LogP contribution >= 0.6 is 23.4 Å². The third-order valence-corrected chi connectivity index (χ3v) is 4.34. The minimum Gasteiger partial charge on any atom is -0.330 e.